The minimum atomic E-state index is -0.577. The lowest BCUT2D eigenvalue weighted by Gasteiger charge is -2.23. The van der Waals surface area contributed by atoms with Crippen molar-refractivity contribution in [2.45, 2.75) is 32.3 Å². The summed E-state index contributed by atoms with van der Waals surface area (Å²) in [6, 6.07) is 0. The van der Waals surface area contributed by atoms with Crippen molar-refractivity contribution in [2.75, 3.05) is 19.6 Å². The molecule has 3 N–H and O–H groups in total. The van der Waals surface area contributed by atoms with E-state index in [0.29, 0.717) is 18.9 Å². The second kappa shape index (κ2) is 5.32. The molecule has 1 heterocycles. The van der Waals surface area contributed by atoms with Crippen molar-refractivity contribution in [3.05, 3.63) is 0 Å². The van der Waals surface area contributed by atoms with Gasteiger partial charge in [0, 0.05) is 26.1 Å². The standard InChI is InChI=1S/C10H20N2O2/c1-8-2-3-10(14)12(5-4-8)7-9(13)6-11/h8-9,13H,2-7,11H2,1H3. The Morgan fingerprint density at radius 3 is 3.00 bits per heavy atom. The number of aliphatic hydroxyl groups is 1. The number of rotatable bonds is 3. The maximum absolute atomic E-state index is 11.6. The molecule has 4 nitrogen and oxygen atoms in total. The molecule has 0 saturated carbocycles. The zero-order valence-corrected chi connectivity index (χ0v) is 8.78. The van der Waals surface area contributed by atoms with Gasteiger partial charge in [0.1, 0.15) is 0 Å². The number of amides is 1. The molecule has 14 heavy (non-hydrogen) atoms. The molecule has 0 radical (unpaired) electrons. The van der Waals surface area contributed by atoms with E-state index in [4.69, 9.17) is 5.73 Å². The van der Waals surface area contributed by atoms with Gasteiger partial charge in [-0.1, -0.05) is 6.92 Å². The van der Waals surface area contributed by atoms with Gasteiger partial charge in [0.25, 0.3) is 0 Å². The van der Waals surface area contributed by atoms with Gasteiger partial charge in [-0.05, 0) is 18.8 Å². The van der Waals surface area contributed by atoms with Gasteiger partial charge in [-0.25, -0.2) is 0 Å². The van der Waals surface area contributed by atoms with Gasteiger partial charge in [0.15, 0.2) is 0 Å². The highest BCUT2D eigenvalue weighted by molar-refractivity contribution is 5.76. The number of carbonyl (C=O) groups is 1. The lowest BCUT2D eigenvalue weighted by Crippen LogP contribution is -2.40. The van der Waals surface area contributed by atoms with Crippen LogP contribution in [-0.2, 0) is 4.79 Å². The van der Waals surface area contributed by atoms with Crippen molar-refractivity contribution in [1.29, 1.82) is 0 Å². The van der Waals surface area contributed by atoms with Crippen LogP contribution in [0, 0.1) is 5.92 Å². The molecule has 0 aliphatic carbocycles. The molecule has 0 bridgehead atoms. The summed E-state index contributed by atoms with van der Waals surface area (Å²) in [6.45, 7) is 3.54. The Hall–Kier alpha value is -0.610. The number of likely N-dealkylation sites (tertiary alicyclic amines) is 1. The fourth-order valence-electron chi connectivity index (χ4n) is 1.70. The molecule has 82 valence electrons. The summed E-state index contributed by atoms with van der Waals surface area (Å²) >= 11 is 0. The summed E-state index contributed by atoms with van der Waals surface area (Å²) in [6.07, 6.45) is 2.03. The SMILES string of the molecule is CC1CCC(=O)N(CC(O)CN)CC1. The molecule has 1 aliphatic heterocycles. The molecule has 1 saturated heterocycles. The predicted octanol–water partition coefficient (Wildman–Crippen LogP) is -0.0454. The van der Waals surface area contributed by atoms with Crippen molar-refractivity contribution in [1.82, 2.24) is 4.90 Å². The number of hydrogen-bond acceptors (Lipinski definition) is 3. The van der Waals surface area contributed by atoms with Crippen LogP contribution in [0.5, 0.6) is 0 Å². The van der Waals surface area contributed by atoms with E-state index in [1.807, 2.05) is 0 Å². The summed E-state index contributed by atoms with van der Waals surface area (Å²) in [7, 11) is 0. The lowest BCUT2D eigenvalue weighted by atomic mass is 10.0. The van der Waals surface area contributed by atoms with Gasteiger partial charge in [-0.3, -0.25) is 4.79 Å². The first-order chi connectivity index (χ1) is 6.63. The fourth-order valence-corrected chi connectivity index (χ4v) is 1.70. The van der Waals surface area contributed by atoms with Crippen molar-refractivity contribution in [3.63, 3.8) is 0 Å². The van der Waals surface area contributed by atoms with E-state index in [0.717, 1.165) is 19.4 Å². The third-order valence-electron chi connectivity index (χ3n) is 2.80. The van der Waals surface area contributed by atoms with Gasteiger partial charge in [-0.2, -0.15) is 0 Å². The fraction of sp³-hybridized carbons (Fsp3) is 0.900. The third kappa shape index (κ3) is 3.27. The average Bonchev–Trinajstić information content (AvgIpc) is 2.33. The van der Waals surface area contributed by atoms with Crippen LogP contribution in [0.3, 0.4) is 0 Å². The zero-order chi connectivity index (χ0) is 10.6. The van der Waals surface area contributed by atoms with E-state index < -0.39 is 6.10 Å². The van der Waals surface area contributed by atoms with Crippen molar-refractivity contribution in [2.24, 2.45) is 11.7 Å². The highest BCUT2D eigenvalue weighted by Crippen LogP contribution is 2.17. The Labute approximate surface area is 85.1 Å². The number of aliphatic hydroxyl groups excluding tert-OH is 1. The van der Waals surface area contributed by atoms with Crippen molar-refractivity contribution in [3.8, 4) is 0 Å². The number of β-amino-alcohol motifs (C(OH)–C–C–N with tert-alkyl or cyclic N) is 1. The highest BCUT2D eigenvalue weighted by Gasteiger charge is 2.21. The van der Waals surface area contributed by atoms with Crippen LogP contribution in [0.15, 0.2) is 0 Å². The van der Waals surface area contributed by atoms with Crippen LogP contribution in [0.4, 0.5) is 0 Å². The zero-order valence-electron chi connectivity index (χ0n) is 8.78. The van der Waals surface area contributed by atoms with Gasteiger partial charge >= 0.3 is 0 Å². The first-order valence-corrected chi connectivity index (χ1v) is 5.29. The van der Waals surface area contributed by atoms with Gasteiger partial charge < -0.3 is 15.7 Å². The van der Waals surface area contributed by atoms with Crippen molar-refractivity contribution >= 4 is 5.91 Å². The van der Waals surface area contributed by atoms with E-state index >= 15 is 0 Å². The normalized spacial score (nSPS) is 26.1. The van der Waals surface area contributed by atoms with Crippen LogP contribution in [0.1, 0.15) is 26.2 Å². The van der Waals surface area contributed by atoms with E-state index in [9.17, 15) is 9.90 Å². The van der Waals surface area contributed by atoms with Gasteiger partial charge in [0.05, 0.1) is 6.10 Å². The number of nitrogens with two attached hydrogens (primary N) is 1. The molecule has 0 spiro atoms. The predicted molar refractivity (Wildman–Crippen MR) is 54.7 cm³/mol. The van der Waals surface area contributed by atoms with Gasteiger partial charge in [-0.15, -0.1) is 0 Å². The Kier molecular flexibility index (Phi) is 4.35. The van der Waals surface area contributed by atoms with E-state index in [-0.39, 0.29) is 12.5 Å². The minimum absolute atomic E-state index is 0.154. The quantitative estimate of drug-likeness (QED) is 0.671. The van der Waals surface area contributed by atoms with E-state index in [1.54, 1.807) is 4.90 Å². The summed E-state index contributed by atoms with van der Waals surface area (Å²) in [4.78, 5) is 13.3. The lowest BCUT2D eigenvalue weighted by molar-refractivity contribution is -0.132. The second-order valence-corrected chi connectivity index (χ2v) is 4.16. The summed E-state index contributed by atoms with van der Waals surface area (Å²) < 4.78 is 0. The van der Waals surface area contributed by atoms with E-state index in [1.165, 1.54) is 0 Å². The Morgan fingerprint density at radius 1 is 1.64 bits per heavy atom. The maximum Gasteiger partial charge on any atom is 0.222 e. The smallest absolute Gasteiger partial charge is 0.222 e. The molecule has 0 aromatic heterocycles. The average molecular weight is 200 g/mol. The first-order valence-electron chi connectivity index (χ1n) is 5.29. The van der Waals surface area contributed by atoms with Crippen LogP contribution in [0.25, 0.3) is 0 Å². The van der Waals surface area contributed by atoms with Crippen LogP contribution in [-0.4, -0.2) is 41.7 Å². The monoisotopic (exact) mass is 200 g/mol. The highest BCUT2D eigenvalue weighted by atomic mass is 16.3. The maximum atomic E-state index is 11.6. The molecule has 1 amide bonds. The Balaban J connectivity index is 2.45. The molecule has 1 fully saturated rings. The Bertz CT molecular complexity index is 197. The van der Waals surface area contributed by atoms with Crippen LogP contribution < -0.4 is 5.73 Å². The summed E-state index contributed by atoms with van der Waals surface area (Å²) in [5, 5.41) is 9.37. The first kappa shape index (κ1) is 11.5. The summed E-state index contributed by atoms with van der Waals surface area (Å²) in [5.41, 5.74) is 5.31. The molecule has 2 unspecified atom stereocenters. The molecule has 0 aromatic carbocycles. The van der Waals surface area contributed by atoms with Crippen LogP contribution >= 0.6 is 0 Å². The third-order valence-corrected chi connectivity index (χ3v) is 2.80. The van der Waals surface area contributed by atoms with Gasteiger partial charge in [0.2, 0.25) is 5.91 Å². The number of carbonyl (C=O) groups excluding carboxylic acids is 1. The molecule has 0 aromatic rings. The van der Waals surface area contributed by atoms with Crippen molar-refractivity contribution < 1.29 is 9.90 Å². The number of nitrogens with zero attached hydrogens (tertiary/aromatic N) is 1. The number of hydrogen-bond donors (Lipinski definition) is 2. The summed E-state index contributed by atoms with van der Waals surface area (Å²) in [5.74, 6) is 0.765. The second-order valence-electron chi connectivity index (χ2n) is 4.16. The largest absolute Gasteiger partial charge is 0.390 e. The Morgan fingerprint density at radius 2 is 2.36 bits per heavy atom. The molecule has 2 atom stereocenters. The van der Waals surface area contributed by atoms with Crippen LogP contribution in [0.2, 0.25) is 0 Å². The molecular formula is C10H20N2O2. The molecule has 1 rings (SSSR count). The molecule has 1 aliphatic rings. The minimum Gasteiger partial charge on any atom is -0.390 e. The van der Waals surface area contributed by atoms with E-state index in [2.05, 4.69) is 6.92 Å². The molecule has 4 heteroatoms. The molecular weight excluding hydrogens is 180 g/mol. The topological polar surface area (TPSA) is 66.6 Å².